The first-order valence-corrected chi connectivity index (χ1v) is 13.7. The molecule has 0 aliphatic rings. The van der Waals surface area contributed by atoms with Crippen LogP contribution in [0.1, 0.15) is 36.0 Å². The molecular weight excluding hydrogens is 546 g/mol. The van der Waals surface area contributed by atoms with E-state index in [0.29, 0.717) is 37.0 Å². The molecule has 40 heavy (non-hydrogen) atoms. The minimum absolute atomic E-state index is 0.264. The smallest absolute Gasteiger partial charge is 0.268 e. The van der Waals surface area contributed by atoms with Crippen LogP contribution in [0.15, 0.2) is 78.3 Å². The number of ether oxygens (including phenoxy) is 3. The molecule has 4 rings (SSSR count). The summed E-state index contributed by atoms with van der Waals surface area (Å²) in [6.45, 7) is 4.74. The van der Waals surface area contributed by atoms with Gasteiger partial charge in [-0.3, -0.25) is 9.78 Å². The van der Waals surface area contributed by atoms with Gasteiger partial charge < -0.3 is 18.8 Å². The highest BCUT2D eigenvalue weighted by atomic mass is 32.2. The molecule has 4 aromatic rings. The zero-order chi connectivity index (χ0) is 28.7. The molecule has 0 bridgehead atoms. The molecule has 0 spiro atoms. The zero-order valence-corrected chi connectivity index (χ0v) is 22.4. The van der Waals surface area contributed by atoms with Gasteiger partial charge in [-0.15, -0.1) is 0 Å². The standard InChI is InChI=1S/C27H26F2N4O6S/c1-3-37-20-6-10-23(31-16-20)18(2)39-24-11-9-22(25(28)26(24)29)27(34)32-40(35,36)21-7-4-19(5-8-21)38-15-14-33-13-12-30-17-33/h4-13,16-18H,3,14-15H2,1-2H3,(H,32,34). The first-order chi connectivity index (χ1) is 19.2. The summed E-state index contributed by atoms with van der Waals surface area (Å²) in [4.78, 5) is 20.4. The average molecular weight is 573 g/mol. The first-order valence-electron chi connectivity index (χ1n) is 12.2. The van der Waals surface area contributed by atoms with Gasteiger partial charge in [-0.1, -0.05) is 0 Å². The highest BCUT2D eigenvalue weighted by Crippen LogP contribution is 2.28. The van der Waals surface area contributed by atoms with Crippen LogP contribution in [0, 0.1) is 11.6 Å². The Morgan fingerprint density at radius 3 is 2.42 bits per heavy atom. The lowest BCUT2D eigenvalue weighted by molar-refractivity contribution is 0.0976. The molecule has 0 radical (unpaired) electrons. The van der Waals surface area contributed by atoms with Gasteiger partial charge in [0.15, 0.2) is 11.6 Å². The normalized spacial score (nSPS) is 12.0. The van der Waals surface area contributed by atoms with Crippen molar-refractivity contribution in [3.05, 3.63) is 96.3 Å². The van der Waals surface area contributed by atoms with Crippen LogP contribution >= 0.6 is 0 Å². The molecule has 13 heteroatoms. The van der Waals surface area contributed by atoms with Crippen molar-refractivity contribution in [3.8, 4) is 17.2 Å². The van der Waals surface area contributed by atoms with E-state index in [9.17, 15) is 22.0 Å². The maximum Gasteiger partial charge on any atom is 0.268 e. The second kappa shape index (κ2) is 12.6. The molecule has 210 valence electrons. The van der Waals surface area contributed by atoms with Gasteiger partial charge in [0.05, 0.1) is 41.8 Å². The Labute approximate surface area is 229 Å². The number of carbonyl (C=O) groups excluding carboxylic acids is 1. The number of sulfonamides is 1. The predicted octanol–water partition coefficient (Wildman–Crippen LogP) is 4.29. The Morgan fingerprint density at radius 2 is 1.77 bits per heavy atom. The van der Waals surface area contributed by atoms with Gasteiger partial charge in [-0.05, 0) is 62.4 Å². The molecular formula is C27H26F2N4O6S. The fraction of sp³-hybridized carbons (Fsp3) is 0.222. The van der Waals surface area contributed by atoms with E-state index in [1.807, 2.05) is 11.5 Å². The van der Waals surface area contributed by atoms with E-state index >= 15 is 0 Å². The maximum atomic E-state index is 14.8. The van der Waals surface area contributed by atoms with Crippen molar-refractivity contribution in [2.45, 2.75) is 31.4 Å². The maximum absolute atomic E-state index is 14.8. The quantitative estimate of drug-likeness (QED) is 0.267. The number of imidazole rings is 1. The lowest BCUT2D eigenvalue weighted by atomic mass is 10.1. The van der Waals surface area contributed by atoms with Gasteiger partial charge in [-0.2, -0.15) is 4.39 Å². The lowest BCUT2D eigenvalue weighted by Gasteiger charge is -2.16. The number of nitrogens with zero attached hydrogens (tertiary/aromatic N) is 3. The van der Waals surface area contributed by atoms with Crippen molar-refractivity contribution in [2.24, 2.45) is 0 Å². The first kappa shape index (κ1) is 28.5. The van der Waals surface area contributed by atoms with Crippen molar-refractivity contribution in [3.63, 3.8) is 0 Å². The number of aromatic nitrogens is 3. The zero-order valence-electron chi connectivity index (χ0n) is 21.6. The number of hydrogen-bond donors (Lipinski definition) is 1. The van der Waals surface area contributed by atoms with Crippen LogP contribution in [0.5, 0.6) is 17.2 Å². The van der Waals surface area contributed by atoms with Crippen LogP contribution < -0.4 is 18.9 Å². The Hall–Kier alpha value is -4.52. The fourth-order valence-electron chi connectivity index (χ4n) is 3.57. The SMILES string of the molecule is CCOc1ccc(C(C)Oc2ccc(C(=O)NS(=O)(=O)c3ccc(OCCn4ccnc4)cc3)c(F)c2F)nc1. The molecule has 0 fully saturated rings. The van der Waals surface area contributed by atoms with Crippen molar-refractivity contribution < 1.29 is 36.2 Å². The molecule has 1 amide bonds. The number of pyridine rings is 1. The van der Waals surface area contributed by atoms with Gasteiger partial charge in [0, 0.05) is 12.4 Å². The summed E-state index contributed by atoms with van der Waals surface area (Å²) >= 11 is 0. The van der Waals surface area contributed by atoms with E-state index in [-0.39, 0.29) is 4.90 Å². The van der Waals surface area contributed by atoms with Crippen LogP contribution in [-0.2, 0) is 16.6 Å². The summed E-state index contributed by atoms with van der Waals surface area (Å²) in [5.74, 6) is -3.86. The Morgan fingerprint density at radius 1 is 1.02 bits per heavy atom. The number of halogens is 2. The molecule has 0 aliphatic heterocycles. The van der Waals surface area contributed by atoms with Crippen molar-refractivity contribution in [1.29, 1.82) is 0 Å². The second-order valence-electron chi connectivity index (χ2n) is 8.41. The fourth-order valence-corrected chi connectivity index (χ4v) is 4.54. The van der Waals surface area contributed by atoms with E-state index in [2.05, 4.69) is 9.97 Å². The number of nitrogens with one attached hydrogen (secondary N) is 1. The molecule has 2 aromatic heterocycles. The molecule has 0 saturated heterocycles. The molecule has 1 unspecified atom stereocenters. The third-order valence-electron chi connectivity index (χ3n) is 5.62. The van der Waals surface area contributed by atoms with Crippen LogP contribution in [0.3, 0.4) is 0 Å². The lowest BCUT2D eigenvalue weighted by Crippen LogP contribution is -2.31. The summed E-state index contributed by atoms with van der Waals surface area (Å²) < 4.78 is 74.9. The van der Waals surface area contributed by atoms with Gasteiger partial charge in [0.1, 0.15) is 24.2 Å². The van der Waals surface area contributed by atoms with Gasteiger partial charge >= 0.3 is 0 Å². The van der Waals surface area contributed by atoms with Crippen LogP contribution in [0.25, 0.3) is 0 Å². The minimum Gasteiger partial charge on any atom is -0.492 e. The van der Waals surface area contributed by atoms with E-state index in [4.69, 9.17) is 14.2 Å². The summed E-state index contributed by atoms with van der Waals surface area (Å²) in [5.41, 5.74) is -0.370. The van der Waals surface area contributed by atoms with E-state index in [1.165, 1.54) is 30.5 Å². The molecule has 2 heterocycles. The predicted molar refractivity (Wildman–Crippen MR) is 140 cm³/mol. The molecule has 0 aliphatic carbocycles. The Bertz CT molecular complexity index is 1550. The van der Waals surface area contributed by atoms with Crippen LogP contribution in [0.2, 0.25) is 0 Å². The third-order valence-corrected chi connectivity index (χ3v) is 6.97. The van der Waals surface area contributed by atoms with E-state index in [0.717, 1.165) is 12.1 Å². The summed E-state index contributed by atoms with van der Waals surface area (Å²) in [6.07, 6.45) is 5.77. The number of rotatable bonds is 12. The molecule has 10 nitrogen and oxygen atoms in total. The number of carbonyl (C=O) groups is 1. The van der Waals surface area contributed by atoms with E-state index in [1.54, 1.807) is 42.5 Å². The minimum atomic E-state index is -4.39. The molecule has 1 N–H and O–H groups in total. The average Bonchev–Trinajstić information content (AvgIpc) is 3.45. The topological polar surface area (TPSA) is 122 Å². The van der Waals surface area contributed by atoms with Gasteiger partial charge in [0.2, 0.25) is 5.82 Å². The Kier molecular flexibility index (Phi) is 8.94. The Balaban J connectivity index is 1.39. The summed E-state index contributed by atoms with van der Waals surface area (Å²) in [6, 6.07) is 10.6. The van der Waals surface area contributed by atoms with Crippen molar-refractivity contribution in [1.82, 2.24) is 19.3 Å². The van der Waals surface area contributed by atoms with Crippen LogP contribution in [0.4, 0.5) is 8.78 Å². The monoisotopic (exact) mass is 572 g/mol. The molecule has 1 atom stereocenters. The highest BCUT2D eigenvalue weighted by Gasteiger charge is 2.25. The molecule has 0 saturated carbocycles. The number of benzene rings is 2. The van der Waals surface area contributed by atoms with Crippen molar-refractivity contribution >= 4 is 15.9 Å². The summed E-state index contributed by atoms with van der Waals surface area (Å²) in [7, 11) is -4.39. The second-order valence-corrected chi connectivity index (χ2v) is 10.1. The largest absolute Gasteiger partial charge is 0.492 e. The number of hydrogen-bond acceptors (Lipinski definition) is 8. The highest BCUT2D eigenvalue weighted by molar-refractivity contribution is 7.90. The van der Waals surface area contributed by atoms with Crippen molar-refractivity contribution in [2.75, 3.05) is 13.2 Å². The van der Waals surface area contributed by atoms with Gasteiger partial charge in [-0.25, -0.2) is 22.5 Å². The third kappa shape index (κ3) is 6.91. The molecule has 2 aromatic carbocycles. The van der Waals surface area contributed by atoms with Gasteiger partial charge in [0.25, 0.3) is 15.9 Å². The number of amides is 1. The summed E-state index contributed by atoms with van der Waals surface area (Å²) in [5, 5.41) is 0. The van der Waals surface area contributed by atoms with E-state index < -0.39 is 45.0 Å². The van der Waals surface area contributed by atoms with Crippen LogP contribution in [-0.4, -0.2) is 42.1 Å².